The molecule has 148 valence electrons. The van der Waals surface area contributed by atoms with E-state index in [0.717, 1.165) is 5.56 Å². The predicted octanol–water partition coefficient (Wildman–Crippen LogP) is 3.47. The fourth-order valence-corrected chi connectivity index (χ4v) is 2.55. The van der Waals surface area contributed by atoms with E-state index in [1.54, 1.807) is 30.3 Å². The number of nitrogens with zero attached hydrogens (tertiary/aromatic N) is 2. The number of nitrogens with two attached hydrogens (primary N) is 1. The topological polar surface area (TPSA) is 89.2 Å². The maximum atomic E-state index is 12.5. The van der Waals surface area contributed by atoms with Gasteiger partial charge in [-0.3, -0.25) is 4.90 Å². The van der Waals surface area contributed by atoms with E-state index in [1.165, 1.54) is 23.1 Å². The Morgan fingerprint density at radius 1 is 1.21 bits per heavy atom. The van der Waals surface area contributed by atoms with Crippen LogP contribution in [-0.4, -0.2) is 31.6 Å². The van der Waals surface area contributed by atoms with Crippen LogP contribution in [0.4, 0.5) is 29.3 Å². The Labute approximate surface area is 158 Å². The summed E-state index contributed by atoms with van der Waals surface area (Å²) in [5.74, 6) is -0.472. The number of hydrogen-bond acceptors (Lipinski definition) is 4. The fourth-order valence-electron chi connectivity index (χ4n) is 2.55. The molecular weight excluding hydrogens is 377 g/mol. The highest BCUT2D eigenvalue weighted by atomic mass is 19.4. The molecule has 1 heterocycles. The molecule has 7 nitrogen and oxygen atoms in total. The first-order valence-corrected chi connectivity index (χ1v) is 8.27. The van der Waals surface area contributed by atoms with Crippen molar-refractivity contribution < 1.29 is 27.4 Å². The Morgan fingerprint density at radius 3 is 2.57 bits per heavy atom. The molecule has 0 aliphatic carbocycles. The van der Waals surface area contributed by atoms with Gasteiger partial charge in [0.15, 0.2) is 11.7 Å². The van der Waals surface area contributed by atoms with Crippen LogP contribution in [0.2, 0.25) is 0 Å². The molecule has 28 heavy (non-hydrogen) atoms. The average Bonchev–Trinajstić information content (AvgIpc) is 3.07. The number of ether oxygens (including phenoxy) is 2. The van der Waals surface area contributed by atoms with Gasteiger partial charge < -0.3 is 20.5 Å². The number of cyclic esters (lactones) is 1. The number of amides is 1. The highest BCUT2D eigenvalue weighted by molar-refractivity contribution is 5.93. The number of alkyl halides is 3. The van der Waals surface area contributed by atoms with Gasteiger partial charge in [0, 0.05) is 5.69 Å². The zero-order chi connectivity index (χ0) is 20.1. The van der Waals surface area contributed by atoms with Gasteiger partial charge in [0.2, 0.25) is 0 Å². The number of nitrogens with one attached hydrogen (secondary N) is 1. The van der Waals surface area contributed by atoms with Crippen molar-refractivity contribution in [2.24, 2.45) is 10.7 Å². The first kappa shape index (κ1) is 19.3. The number of guanidine groups is 1. The van der Waals surface area contributed by atoms with Gasteiger partial charge in [-0.2, -0.15) is 0 Å². The zero-order valence-corrected chi connectivity index (χ0v) is 14.6. The highest BCUT2D eigenvalue weighted by Crippen LogP contribution is 2.29. The number of halogens is 3. The van der Waals surface area contributed by atoms with E-state index in [4.69, 9.17) is 10.5 Å². The second-order valence-corrected chi connectivity index (χ2v) is 5.80. The van der Waals surface area contributed by atoms with Gasteiger partial charge in [-0.1, -0.05) is 24.3 Å². The molecule has 2 aromatic rings. The minimum Gasteiger partial charge on any atom is -0.447 e. The van der Waals surface area contributed by atoms with Crippen molar-refractivity contribution in [2.75, 3.05) is 23.4 Å². The summed E-state index contributed by atoms with van der Waals surface area (Å²) < 4.78 is 46.2. The van der Waals surface area contributed by atoms with Gasteiger partial charge in [0.05, 0.1) is 18.8 Å². The molecule has 1 amide bonds. The summed E-state index contributed by atoms with van der Waals surface area (Å²) in [7, 11) is 0. The number of aliphatic imine (C=N–C) groups is 1. The molecule has 0 atom stereocenters. The third kappa shape index (κ3) is 5.06. The van der Waals surface area contributed by atoms with E-state index in [-0.39, 0.29) is 24.3 Å². The van der Waals surface area contributed by atoms with Crippen LogP contribution in [0.1, 0.15) is 5.56 Å². The second kappa shape index (κ2) is 8.07. The lowest BCUT2D eigenvalue weighted by atomic mass is 10.2. The molecule has 1 fully saturated rings. The second-order valence-electron chi connectivity index (χ2n) is 5.80. The monoisotopic (exact) mass is 394 g/mol. The number of benzene rings is 2. The number of carbonyl (C=O) groups is 1. The molecule has 0 saturated carbocycles. The summed E-state index contributed by atoms with van der Waals surface area (Å²) in [5.41, 5.74) is 7.33. The Hall–Kier alpha value is -3.43. The van der Waals surface area contributed by atoms with E-state index in [9.17, 15) is 18.0 Å². The molecule has 1 saturated heterocycles. The van der Waals surface area contributed by atoms with E-state index in [2.05, 4.69) is 15.0 Å². The summed E-state index contributed by atoms with van der Waals surface area (Å²) in [6, 6.07) is 12.6. The smallest absolute Gasteiger partial charge is 0.447 e. The number of carbonyl (C=O) groups excluding carboxylic acids is 1. The minimum absolute atomic E-state index is 0.0453. The normalized spacial score (nSPS) is 14.8. The molecule has 0 spiro atoms. The van der Waals surface area contributed by atoms with Crippen molar-refractivity contribution in [1.29, 1.82) is 0 Å². The summed E-state index contributed by atoms with van der Waals surface area (Å²) in [6.45, 7) is 1.05. The van der Waals surface area contributed by atoms with Crippen LogP contribution in [0.15, 0.2) is 53.5 Å². The van der Waals surface area contributed by atoms with Crippen LogP contribution in [0, 0.1) is 0 Å². The highest BCUT2D eigenvalue weighted by Gasteiger charge is 2.32. The van der Waals surface area contributed by atoms with E-state index < -0.39 is 12.1 Å². The van der Waals surface area contributed by atoms with Crippen LogP contribution < -0.4 is 20.7 Å². The Balaban J connectivity index is 1.63. The van der Waals surface area contributed by atoms with Gasteiger partial charge in [-0.15, -0.1) is 13.2 Å². The van der Waals surface area contributed by atoms with Gasteiger partial charge in [-0.05, 0) is 29.8 Å². The largest absolute Gasteiger partial charge is 0.573 e. The molecule has 1 aliphatic rings. The standard InChI is InChI=1S/C18H17F3N4O3/c19-18(20,21)28-15-4-2-1-3-14(15)24-16(22)23-11-12-5-7-13(8-6-12)25-9-10-27-17(25)26/h1-8H,9-11H2,(H3,22,23,24). The lowest BCUT2D eigenvalue weighted by molar-refractivity contribution is -0.274. The van der Waals surface area contributed by atoms with Crippen molar-refractivity contribution in [1.82, 2.24) is 0 Å². The SMILES string of the molecule is NC(=NCc1ccc(N2CCOC2=O)cc1)Nc1ccccc1OC(F)(F)F. The number of para-hydroxylation sites is 2. The molecule has 0 aromatic heterocycles. The lowest BCUT2D eigenvalue weighted by Crippen LogP contribution is -2.24. The molecule has 3 rings (SSSR count). The van der Waals surface area contributed by atoms with E-state index in [0.29, 0.717) is 18.8 Å². The van der Waals surface area contributed by atoms with Crippen molar-refractivity contribution in [2.45, 2.75) is 12.9 Å². The van der Waals surface area contributed by atoms with Crippen LogP contribution in [0.25, 0.3) is 0 Å². The first-order valence-electron chi connectivity index (χ1n) is 8.27. The van der Waals surface area contributed by atoms with Gasteiger partial charge in [0.25, 0.3) is 0 Å². The summed E-state index contributed by atoms with van der Waals surface area (Å²) in [6.07, 6.45) is -5.20. The maximum Gasteiger partial charge on any atom is 0.573 e. The third-order valence-electron chi connectivity index (χ3n) is 3.82. The summed E-state index contributed by atoms with van der Waals surface area (Å²) in [4.78, 5) is 17.2. The predicted molar refractivity (Wildman–Crippen MR) is 97.2 cm³/mol. The van der Waals surface area contributed by atoms with Crippen molar-refractivity contribution in [3.8, 4) is 5.75 Å². The third-order valence-corrected chi connectivity index (χ3v) is 3.82. The number of rotatable bonds is 5. The maximum absolute atomic E-state index is 12.5. The molecule has 10 heteroatoms. The van der Waals surface area contributed by atoms with Crippen molar-refractivity contribution in [3.63, 3.8) is 0 Å². The van der Waals surface area contributed by atoms with E-state index >= 15 is 0 Å². The Bertz CT molecular complexity index is 869. The fraction of sp³-hybridized carbons (Fsp3) is 0.222. The van der Waals surface area contributed by atoms with Gasteiger partial charge in [-0.25, -0.2) is 9.79 Å². The number of hydrogen-bond donors (Lipinski definition) is 2. The quantitative estimate of drug-likeness (QED) is 0.599. The minimum atomic E-state index is -4.81. The Kier molecular flexibility index (Phi) is 5.57. The Morgan fingerprint density at radius 2 is 1.93 bits per heavy atom. The summed E-state index contributed by atoms with van der Waals surface area (Å²) in [5, 5.41) is 2.60. The molecule has 2 aromatic carbocycles. The average molecular weight is 394 g/mol. The van der Waals surface area contributed by atoms with Crippen LogP contribution in [0.5, 0.6) is 5.75 Å². The first-order chi connectivity index (χ1) is 13.3. The molecule has 0 unspecified atom stereocenters. The van der Waals surface area contributed by atoms with Crippen molar-refractivity contribution in [3.05, 3.63) is 54.1 Å². The van der Waals surface area contributed by atoms with E-state index in [1.807, 2.05) is 0 Å². The molecule has 3 N–H and O–H groups in total. The van der Waals surface area contributed by atoms with Crippen molar-refractivity contribution >= 4 is 23.4 Å². The molecular formula is C18H17F3N4O3. The van der Waals surface area contributed by atoms with Crippen LogP contribution >= 0.6 is 0 Å². The zero-order valence-electron chi connectivity index (χ0n) is 14.6. The molecule has 0 bridgehead atoms. The van der Waals surface area contributed by atoms with Crippen LogP contribution in [-0.2, 0) is 11.3 Å². The lowest BCUT2D eigenvalue weighted by Gasteiger charge is -2.14. The molecule has 0 radical (unpaired) electrons. The van der Waals surface area contributed by atoms with Crippen LogP contribution in [0.3, 0.4) is 0 Å². The van der Waals surface area contributed by atoms with Gasteiger partial charge in [0.1, 0.15) is 6.61 Å². The molecule has 1 aliphatic heterocycles. The number of anilines is 2. The van der Waals surface area contributed by atoms with Gasteiger partial charge >= 0.3 is 12.5 Å². The summed E-state index contributed by atoms with van der Waals surface area (Å²) >= 11 is 0.